The lowest BCUT2D eigenvalue weighted by Crippen LogP contribution is -2.24. The molecular weight excluding hydrogens is 404 g/mol. The topological polar surface area (TPSA) is 78.1 Å². The van der Waals surface area contributed by atoms with Crippen molar-refractivity contribution in [3.8, 4) is 16.8 Å². The summed E-state index contributed by atoms with van der Waals surface area (Å²) in [6, 6.07) is -3.49. The van der Waals surface area contributed by atoms with E-state index in [0.29, 0.717) is 0 Å². The maximum absolute atomic E-state index is 13.6. The first kappa shape index (κ1) is 10.5. The number of hydrogen-bond donors (Lipinski definition) is 0. The van der Waals surface area contributed by atoms with Crippen LogP contribution in [0.5, 0.6) is 0 Å². The SMILES string of the molecule is [2H]c1c([2H])c(-c2c([2H])c([2H])c(-n3c(=O)c4cc5c(=O)n(C)c(=O)c5cc4c3=O)c(C([2H])([2H])[2H])c2[2H])c([2H])c(C([2H])([2H])[2H])c1C. The molecule has 0 unspecified atom stereocenters. The van der Waals surface area contributed by atoms with E-state index in [1.165, 1.54) is 14.0 Å². The zero-order valence-corrected chi connectivity index (χ0v) is 16.7. The number of nitrogens with zero attached hydrogens (tertiary/aromatic N) is 2. The molecule has 2 heterocycles. The van der Waals surface area contributed by atoms with E-state index in [1.807, 2.05) is 0 Å². The third-order valence-electron chi connectivity index (χ3n) is 5.36. The lowest BCUT2D eigenvalue weighted by Gasteiger charge is -2.10. The molecular formula is C26H20N2O4. The van der Waals surface area contributed by atoms with Crippen LogP contribution in [0.15, 0.2) is 67.6 Å². The van der Waals surface area contributed by atoms with Gasteiger partial charge in [0, 0.05) is 15.3 Å². The molecule has 3 aromatic carbocycles. The second-order valence-corrected chi connectivity index (χ2v) is 7.28. The van der Waals surface area contributed by atoms with Gasteiger partial charge in [-0.1, -0.05) is 24.2 Å². The van der Waals surface area contributed by atoms with Crippen molar-refractivity contribution in [2.45, 2.75) is 20.6 Å². The van der Waals surface area contributed by atoms with E-state index >= 15 is 0 Å². The Labute approximate surface area is 199 Å². The summed E-state index contributed by atoms with van der Waals surface area (Å²) in [5.41, 5.74) is -8.37. The van der Waals surface area contributed by atoms with E-state index in [1.54, 1.807) is 0 Å². The highest BCUT2D eigenvalue weighted by atomic mass is 16.2. The van der Waals surface area contributed by atoms with Crippen LogP contribution < -0.4 is 22.2 Å². The summed E-state index contributed by atoms with van der Waals surface area (Å²) in [6.07, 6.45) is 0. The van der Waals surface area contributed by atoms with Crippen LogP contribution in [-0.4, -0.2) is 9.13 Å². The molecule has 0 saturated carbocycles. The summed E-state index contributed by atoms with van der Waals surface area (Å²) < 4.78 is 101. The van der Waals surface area contributed by atoms with E-state index in [-0.39, 0.29) is 31.7 Å². The molecule has 0 amide bonds. The predicted molar refractivity (Wildman–Crippen MR) is 127 cm³/mol. The fraction of sp³-hybridized carbons (Fsp3) is 0.154. The highest BCUT2D eigenvalue weighted by Gasteiger charge is 2.20. The molecule has 6 nitrogen and oxygen atoms in total. The first-order chi connectivity index (χ1) is 20.1. The van der Waals surface area contributed by atoms with Gasteiger partial charge in [0.1, 0.15) is 0 Å². The molecule has 2 aromatic heterocycles. The largest absolute Gasteiger partial charge is 0.277 e. The molecule has 0 aliphatic rings. The van der Waals surface area contributed by atoms with Gasteiger partial charge in [-0.05, 0) is 72.7 Å². The highest BCUT2D eigenvalue weighted by molar-refractivity contribution is 5.98. The molecule has 32 heavy (non-hydrogen) atoms. The van der Waals surface area contributed by atoms with Crippen molar-refractivity contribution in [3.63, 3.8) is 0 Å². The maximum Gasteiger partial charge on any atom is 0.266 e. The maximum atomic E-state index is 13.6. The van der Waals surface area contributed by atoms with Crippen LogP contribution in [0.1, 0.15) is 33.1 Å². The summed E-state index contributed by atoms with van der Waals surface area (Å²) in [5, 5.41) is -1.13. The smallest absolute Gasteiger partial charge is 0.266 e. The molecule has 0 N–H and O–H groups in total. The monoisotopic (exact) mass is 436 g/mol. The summed E-state index contributed by atoms with van der Waals surface area (Å²) in [7, 11) is 1.21. The predicted octanol–water partition coefficient (Wildman–Crippen LogP) is 3.03. The Balaban J connectivity index is 1.98. The van der Waals surface area contributed by atoms with Crippen molar-refractivity contribution in [1.29, 1.82) is 0 Å². The number of hydrogen-bond acceptors (Lipinski definition) is 4. The third kappa shape index (κ3) is 2.66. The lowest BCUT2D eigenvalue weighted by atomic mass is 9.98. The molecule has 0 aliphatic heterocycles. The molecule has 5 rings (SSSR count). The van der Waals surface area contributed by atoms with Crippen LogP contribution in [0.2, 0.25) is 0 Å². The van der Waals surface area contributed by atoms with E-state index in [9.17, 15) is 19.2 Å². The van der Waals surface area contributed by atoms with Crippen LogP contribution in [-0.2, 0) is 7.05 Å². The van der Waals surface area contributed by atoms with Gasteiger partial charge in [0.15, 0.2) is 0 Å². The van der Waals surface area contributed by atoms with Gasteiger partial charge in [-0.15, -0.1) is 0 Å². The normalized spacial score (nSPS) is 17.8. The quantitative estimate of drug-likeness (QED) is 0.426. The molecule has 0 spiro atoms. The molecule has 0 bridgehead atoms. The third-order valence-corrected chi connectivity index (χ3v) is 5.36. The Morgan fingerprint density at radius 2 is 1.19 bits per heavy atom. The molecule has 0 radical (unpaired) electrons. The Bertz CT molecular complexity index is 2240. The zero-order valence-electron chi connectivity index (χ0n) is 28.7. The van der Waals surface area contributed by atoms with Gasteiger partial charge < -0.3 is 0 Å². The first-order valence-corrected chi connectivity index (χ1v) is 9.29. The minimum atomic E-state index is -3.35. The van der Waals surface area contributed by atoms with Crippen molar-refractivity contribution >= 4 is 21.5 Å². The Kier molecular flexibility index (Phi) is 2.21. The number of aromatic nitrogens is 2. The number of fused-ring (bicyclic) bond motifs is 2. The highest BCUT2D eigenvalue weighted by Crippen LogP contribution is 2.26. The average molecular weight is 437 g/mol. The summed E-state index contributed by atoms with van der Waals surface area (Å²) in [6.45, 7) is -5.11. The standard InChI is InChI=1S/C26H20N2O4/c1-13-5-6-16(9-14(13)2)17-7-8-22(15(3)10-17)28-25(31)20-11-18-19(12-21(20)26(28)32)24(30)27(4)23(18)29/h5-12H,1-4H3/i2D3,3D3,5D,6D,7D,8D,9D,10D. The average Bonchev–Trinajstić information content (AvgIpc) is 3.28. The second-order valence-electron chi connectivity index (χ2n) is 7.28. The van der Waals surface area contributed by atoms with Crippen LogP contribution in [0.3, 0.4) is 0 Å². The van der Waals surface area contributed by atoms with Crippen molar-refractivity contribution < 1.29 is 16.4 Å². The first-order valence-electron chi connectivity index (χ1n) is 15.3. The molecule has 6 heteroatoms. The lowest BCUT2D eigenvalue weighted by molar-refractivity contribution is 0.856. The fourth-order valence-electron chi connectivity index (χ4n) is 3.58. The van der Waals surface area contributed by atoms with Gasteiger partial charge in [0.2, 0.25) is 0 Å². The van der Waals surface area contributed by atoms with Crippen LogP contribution in [0.4, 0.5) is 0 Å². The van der Waals surface area contributed by atoms with E-state index in [0.717, 1.165) is 16.7 Å². The Morgan fingerprint density at radius 1 is 0.688 bits per heavy atom. The molecule has 158 valence electrons. The number of benzene rings is 3. The molecule has 5 aromatic rings. The van der Waals surface area contributed by atoms with Gasteiger partial charge >= 0.3 is 0 Å². The van der Waals surface area contributed by atoms with Crippen LogP contribution in [0, 0.1) is 20.6 Å². The van der Waals surface area contributed by atoms with Gasteiger partial charge in [-0.25, -0.2) is 4.57 Å². The van der Waals surface area contributed by atoms with Crippen LogP contribution in [0.25, 0.3) is 38.4 Å². The molecule has 0 saturated heterocycles. The summed E-state index contributed by atoms with van der Waals surface area (Å²) in [4.78, 5) is 52.2. The van der Waals surface area contributed by atoms with Crippen molar-refractivity contribution in [1.82, 2.24) is 9.13 Å². The van der Waals surface area contributed by atoms with E-state index < -0.39 is 100 Å². The second kappa shape index (κ2) is 6.72. The zero-order chi connectivity index (χ0) is 33.1. The Hall–Kier alpha value is -4.06. The van der Waals surface area contributed by atoms with Crippen molar-refractivity contribution in [2.75, 3.05) is 0 Å². The number of rotatable bonds is 2. The van der Waals surface area contributed by atoms with E-state index in [2.05, 4.69) is 0 Å². The van der Waals surface area contributed by atoms with Gasteiger partial charge in [-0.2, -0.15) is 0 Å². The molecule has 0 fully saturated rings. The van der Waals surface area contributed by atoms with Crippen molar-refractivity contribution in [2.24, 2.45) is 7.05 Å². The minimum absolute atomic E-state index is 0.180. The van der Waals surface area contributed by atoms with E-state index in [4.69, 9.17) is 16.4 Å². The fourth-order valence-corrected chi connectivity index (χ4v) is 3.58. The Morgan fingerprint density at radius 3 is 1.75 bits per heavy atom. The van der Waals surface area contributed by atoms with Crippen LogP contribution >= 0.6 is 0 Å². The summed E-state index contributed by atoms with van der Waals surface area (Å²) >= 11 is 0. The van der Waals surface area contributed by atoms with Gasteiger partial charge in [0.25, 0.3) is 22.2 Å². The van der Waals surface area contributed by atoms with Gasteiger partial charge in [0.05, 0.1) is 35.5 Å². The summed E-state index contributed by atoms with van der Waals surface area (Å²) in [5.74, 6) is 0. The minimum Gasteiger partial charge on any atom is -0.277 e. The van der Waals surface area contributed by atoms with Crippen molar-refractivity contribution in [3.05, 3.63) is 106 Å². The molecule has 0 aliphatic carbocycles. The van der Waals surface area contributed by atoms with Gasteiger partial charge in [-0.3, -0.25) is 23.7 Å². The molecule has 0 atom stereocenters.